The molecule has 1 heterocycles. The second kappa shape index (κ2) is 9.79. The van der Waals surface area contributed by atoms with Crippen LogP contribution >= 0.6 is 0 Å². The van der Waals surface area contributed by atoms with Crippen molar-refractivity contribution in [3.05, 3.63) is 41.7 Å². The molecule has 1 fully saturated rings. The molecule has 0 spiro atoms. The molecule has 2 atom stereocenters. The van der Waals surface area contributed by atoms with Crippen molar-refractivity contribution >= 4 is 41.3 Å². The Kier molecular flexibility index (Phi) is 6.91. The van der Waals surface area contributed by atoms with Gasteiger partial charge in [-0.05, 0) is 37.1 Å². The zero-order chi connectivity index (χ0) is 21.5. The fourth-order valence-corrected chi connectivity index (χ4v) is 3.34. The minimum Gasteiger partial charge on any atom is -0.365 e. The van der Waals surface area contributed by atoms with Crippen LogP contribution in [-0.2, 0) is 0 Å². The molecule has 3 rings (SSSR count). The number of amides is 1. The SMILES string of the molecule is N=C/C=N\Nc1cccc(Nc2nc(N[C@@H]3CCCC[C@@H]3N)c(F)cc2C(N)=O)c1. The summed E-state index contributed by atoms with van der Waals surface area (Å²) in [7, 11) is 0. The molecule has 10 heteroatoms. The predicted molar refractivity (Wildman–Crippen MR) is 117 cm³/mol. The molecule has 0 bridgehead atoms. The molecule has 1 saturated carbocycles. The summed E-state index contributed by atoms with van der Waals surface area (Å²) in [5.74, 6) is -1.30. The number of aromatic nitrogens is 1. The normalized spacial score (nSPS) is 18.7. The average Bonchev–Trinajstić information content (AvgIpc) is 2.72. The van der Waals surface area contributed by atoms with E-state index < -0.39 is 11.7 Å². The maximum atomic E-state index is 14.6. The van der Waals surface area contributed by atoms with Gasteiger partial charge in [-0.15, -0.1) is 0 Å². The highest BCUT2D eigenvalue weighted by atomic mass is 19.1. The lowest BCUT2D eigenvalue weighted by Crippen LogP contribution is -2.43. The van der Waals surface area contributed by atoms with Crippen molar-refractivity contribution in [2.75, 3.05) is 16.1 Å². The molecule has 2 aromatic rings. The first-order valence-electron chi connectivity index (χ1n) is 9.65. The molecule has 0 aliphatic heterocycles. The number of nitrogens with zero attached hydrogens (tertiary/aromatic N) is 2. The van der Waals surface area contributed by atoms with Crippen LogP contribution in [0, 0.1) is 11.2 Å². The van der Waals surface area contributed by atoms with Crippen molar-refractivity contribution in [3.63, 3.8) is 0 Å². The van der Waals surface area contributed by atoms with Crippen LogP contribution in [-0.4, -0.2) is 35.4 Å². The van der Waals surface area contributed by atoms with Gasteiger partial charge in [0.1, 0.15) is 5.82 Å². The number of nitrogens with two attached hydrogens (primary N) is 2. The van der Waals surface area contributed by atoms with E-state index in [1.165, 1.54) is 6.21 Å². The molecule has 0 unspecified atom stereocenters. The first kappa shape index (κ1) is 21.2. The maximum Gasteiger partial charge on any atom is 0.252 e. The lowest BCUT2D eigenvalue weighted by molar-refractivity contribution is 0.100. The van der Waals surface area contributed by atoms with Gasteiger partial charge in [-0.3, -0.25) is 10.2 Å². The molecule has 0 radical (unpaired) electrons. The summed E-state index contributed by atoms with van der Waals surface area (Å²) in [6.07, 6.45) is 6.09. The number of carbonyl (C=O) groups is 1. The van der Waals surface area contributed by atoms with E-state index in [4.69, 9.17) is 16.9 Å². The van der Waals surface area contributed by atoms with Gasteiger partial charge in [0, 0.05) is 24.0 Å². The van der Waals surface area contributed by atoms with Crippen molar-refractivity contribution in [2.45, 2.75) is 37.8 Å². The van der Waals surface area contributed by atoms with Crippen LogP contribution < -0.4 is 27.5 Å². The second-order valence-electron chi connectivity index (χ2n) is 7.04. The average molecular weight is 412 g/mol. The molecular weight excluding hydrogens is 387 g/mol. The predicted octanol–water partition coefficient (Wildman–Crippen LogP) is 2.79. The van der Waals surface area contributed by atoms with Crippen LogP contribution in [0.2, 0.25) is 0 Å². The Hall–Kier alpha value is -3.53. The van der Waals surface area contributed by atoms with Crippen LogP contribution in [0.25, 0.3) is 0 Å². The number of hydrazone groups is 1. The summed E-state index contributed by atoms with van der Waals surface area (Å²) < 4.78 is 14.6. The third-order valence-electron chi connectivity index (χ3n) is 4.85. The Bertz CT molecular complexity index is 948. The summed E-state index contributed by atoms with van der Waals surface area (Å²) in [6.45, 7) is 0. The van der Waals surface area contributed by atoms with E-state index in [-0.39, 0.29) is 29.3 Å². The molecule has 1 aliphatic carbocycles. The number of hydrogen-bond donors (Lipinski definition) is 6. The van der Waals surface area contributed by atoms with Gasteiger partial charge in [0.25, 0.3) is 5.91 Å². The van der Waals surface area contributed by atoms with Crippen LogP contribution in [0.4, 0.5) is 27.4 Å². The first-order chi connectivity index (χ1) is 14.5. The Morgan fingerprint density at radius 2 is 2.00 bits per heavy atom. The van der Waals surface area contributed by atoms with Crippen molar-refractivity contribution in [2.24, 2.45) is 16.6 Å². The lowest BCUT2D eigenvalue weighted by Gasteiger charge is -2.30. The van der Waals surface area contributed by atoms with Crippen LogP contribution in [0.5, 0.6) is 0 Å². The van der Waals surface area contributed by atoms with Gasteiger partial charge >= 0.3 is 0 Å². The minimum absolute atomic E-state index is 0.0229. The fraction of sp³-hybridized carbons (Fsp3) is 0.300. The number of rotatable bonds is 8. The topological polar surface area (TPSA) is 154 Å². The van der Waals surface area contributed by atoms with Crippen LogP contribution in [0.3, 0.4) is 0 Å². The van der Waals surface area contributed by atoms with Crippen molar-refractivity contribution in [1.82, 2.24) is 4.98 Å². The number of nitrogens with one attached hydrogen (secondary N) is 4. The molecule has 1 aliphatic rings. The number of benzene rings is 1. The van der Waals surface area contributed by atoms with Crippen LogP contribution in [0.15, 0.2) is 35.4 Å². The number of carbonyl (C=O) groups excluding carboxylic acids is 1. The van der Waals surface area contributed by atoms with Crippen molar-refractivity contribution in [1.29, 1.82) is 5.41 Å². The van der Waals surface area contributed by atoms with Gasteiger partial charge < -0.3 is 27.5 Å². The minimum atomic E-state index is -0.797. The largest absolute Gasteiger partial charge is 0.365 e. The monoisotopic (exact) mass is 412 g/mol. The third kappa shape index (κ3) is 5.29. The van der Waals surface area contributed by atoms with Gasteiger partial charge in [-0.1, -0.05) is 18.9 Å². The molecule has 9 nitrogen and oxygen atoms in total. The van der Waals surface area contributed by atoms with E-state index in [9.17, 15) is 9.18 Å². The molecule has 30 heavy (non-hydrogen) atoms. The van der Waals surface area contributed by atoms with Gasteiger partial charge in [0.2, 0.25) is 0 Å². The molecule has 0 saturated heterocycles. The van der Waals surface area contributed by atoms with E-state index in [1.54, 1.807) is 24.3 Å². The number of halogens is 1. The highest BCUT2D eigenvalue weighted by Crippen LogP contribution is 2.27. The second-order valence-corrected chi connectivity index (χ2v) is 7.04. The number of hydrogen-bond acceptors (Lipinski definition) is 8. The van der Waals surface area contributed by atoms with Crippen LogP contribution in [0.1, 0.15) is 36.0 Å². The summed E-state index contributed by atoms with van der Waals surface area (Å²) >= 11 is 0. The Labute approximate surface area is 173 Å². The van der Waals surface area contributed by atoms with Gasteiger partial charge in [-0.2, -0.15) is 5.10 Å². The summed E-state index contributed by atoms with van der Waals surface area (Å²) in [6, 6.07) is 7.91. The number of primary amides is 1. The Morgan fingerprint density at radius 1 is 1.23 bits per heavy atom. The van der Waals surface area contributed by atoms with E-state index in [0.29, 0.717) is 11.4 Å². The number of anilines is 4. The molecule has 1 aromatic heterocycles. The smallest absolute Gasteiger partial charge is 0.252 e. The molecule has 1 amide bonds. The molecule has 1 aromatic carbocycles. The van der Waals surface area contributed by atoms with Crippen molar-refractivity contribution < 1.29 is 9.18 Å². The first-order valence-corrected chi connectivity index (χ1v) is 9.65. The van der Waals surface area contributed by atoms with E-state index in [0.717, 1.165) is 38.0 Å². The standard InChI is InChI=1S/C20H25FN8O/c21-15-11-14(18(24)30)19(28-20(15)27-17-7-2-1-6-16(17)23)26-12-4-3-5-13(10-12)29-25-9-8-22/h3-5,8-11,16-17,22,29H,1-2,6-7,23H2,(H2,24,30)(H2,26,27,28)/b22-8?,25-9-/t16-,17+/m0/s1. The highest BCUT2D eigenvalue weighted by Gasteiger charge is 2.24. The summed E-state index contributed by atoms with van der Waals surface area (Å²) in [4.78, 5) is 16.1. The van der Waals surface area contributed by atoms with Crippen molar-refractivity contribution in [3.8, 4) is 0 Å². The van der Waals surface area contributed by atoms with Gasteiger partial charge in [-0.25, -0.2) is 9.37 Å². The quantitative estimate of drug-likeness (QED) is 0.289. The lowest BCUT2D eigenvalue weighted by atomic mass is 9.91. The zero-order valence-electron chi connectivity index (χ0n) is 16.4. The van der Waals surface area contributed by atoms with E-state index in [1.807, 2.05) is 0 Å². The van der Waals surface area contributed by atoms with E-state index in [2.05, 4.69) is 26.1 Å². The number of pyridine rings is 1. The van der Waals surface area contributed by atoms with Gasteiger partial charge in [0.05, 0.1) is 17.5 Å². The molecular formula is C20H25FN8O. The zero-order valence-corrected chi connectivity index (χ0v) is 16.4. The maximum absolute atomic E-state index is 14.6. The Balaban J connectivity index is 1.87. The molecule has 158 valence electrons. The fourth-order valence-electron chi connectivity index (χ4n) is 3.34. The van der Waals surface area contributed by atoms with E-state index >= 15 is 0 Å². The Morgan fingerprint density at radius 3 is 2.73 bits per heavy atom. The summed E-state index contributed by atoms with van der Waals surface area (Å²) in [5, 5.41) is 16.9. The molecule has 8 N–H and O–H groups in total. The third-order valence-corrected chi connectivity index (χ3v) is 4.85. The van der Waals surface area contributed by atoms with Gasteiger partial charge in [0.15, 0.2) is 11.6 Å². The summed E-state index contributed by atoms with van der Waals surface area (Å²) in [5.41, 5.74) is 15.5. The highest BCUT2D eigenvalue weighted by molar-refractivity contribution is 6.14.